The molecular formula is C14H21P. The molecule has 82 valence electrons. The minimum absolute atomic E-state index is 0.0828. The molecular weight excluding hydrogens is 199 g/mol. The van der Waals surface area contributed by atoms with E-state index in [1.807, 2.05) is 0 Å². The molecule has 1 heteroatoms. The molecule has 0 aromatic heterocycles. The van der Waals surface area contributed by atoms with Gasteiger partial charge in [-0.2, -0.15) is 0 Å². The molecule has 0 saturated carbocycles. The molecule has 0 spiro atoms. The van der Waals surface area contributed by atoms with E-state index in [1.165, 1.54) is 11.7 Å². The van der Waals surface area contributed by atoms with Gasteiger partial charge in [-0.1, -0.05) is 41.7 Å². The second-order valence-electron chi connectivity index (χ2n) is 5.32. The van der Waals surface area contributed by atoms with E-state index < -0.39 is 0 Å². The molecule has 0 aromatic rings. The molecule has 2 aliphatic rings. The van der Waals surface area contributed by atoms with Crippen molar-refractivity contribution in [1.29, 1.82) is 0 Å². The van der Waals surface area contributed by atoms with Crippen LogP contribution in [0.2, 0.25) is 0 Å². The Labute approximate surface area is 94.9 Å². The quantitative estimate of drug-likeness (QED) is 0.484. The van der Waals surface area contributed by atoms with Crippen LogP contribution in [-0.4, -0.2) is 11.3 Å². The van der Waals surface area contributed by atoms with Crippen molar-refractivity contribution in [2.24, 2.45) is 11.8 Å². The van der Waals surface area contributed by atoms with Gasteiger partial charge >= 0.3 is 0 Å². The van der Waals surface area contributed by atoms with Crippen LogP contribution in [0.4, 0.5) is 0 Å². The van der Waals surface area contributed by atoms with Gasteiger partial charge in [-0.25, -0.2) is 0 Å². The molecule has 0 unspecified atom stereocenters. The van der Waals surface area contributed by atoms with Gasteiger partial charge in [0.25, 0.3) is 0 Å². The summed E-state index contributed by atoms with van der Waals surface area (Å²) in [6, 6.07) is 0. The Balaban J connectivity index is 2.16. The van der Waals surface area contributed by atoms with E-state index in [0.717, 1.165) is 23.2 Å². The Morgan fingerprint density at radius 2 is 1.80 bits per heavy atom. The first kappa shape index (κ1) is 11.2. The summed E-state index contributed by atoms with van der Waals surface area (Å²) in [5.74, 6) is 1.68. The van der Waals surface area contributed by atoms with Crippen molar-refractivity contribution in [1.82, 2.24) is 0 Å². The van der Waals surface area contributed by atoms with Gasteiger partial charge in [0.05, 0.1) is 0 Å². The monoisotopic (exact) mass is 220 g/mol. The molecule has 0 bridgehead atoms. The minimum Gasteiger partial charge on any atom is -0.112 e. The summed E-state index contributed by atoms with van der Waals surface area (Å²) >= 11 is 0. The lowest BCUT2D eigenvalue weighted by molar-refractivity contribution is 0.447. The summed E-state index contributed by atoms with van der Waals surface area (Å²) in [4.78, 5) is 0. The van der Waals surface area contributed by atoms with Gasteiger partial charge in [-0.15, -0.1) is 5.73 Å². The molecule has 0 aromatic carbocycles. The van der Waals surface area contributed by atoms with E-state index in [1.54, 1.807) is 0 Å². The normalized spacial score (nSPS) is 30.1. The van der Waals surface area contributed by atoms with Crippen molar-refractivity contribution in [2.45, 2.75) is 45.4 Å². The topological polar surface area (TPSA) is 0 Å². The summed E-state index contributed by atoms with van der Waals surface area (Å²) in [7, 11) is 0.0828. The second kappa shape index (κ2) is 4.28. The zero-order chi connectivity index (χ0) is 11.0. The molecule has 1 saturated heterocycles. The number of allylic oxidation sites excluding steroid dienone is 3. The van der Waals surface area contributed by atoms with Gasteiger partial charge < -0.3 is 0 Å². The fourth-order valence-corrected chi connectivity index (χ4v) is 6.10. The minimum atomic E-state index is 0.0828. The molecule has 0 amide bonds. The standard InChI is InChI=1S/C14H21P/c1-10(2)13-9-14(11(3)4)15(13)12-7-5-6-8-12/h5-7,10-11,13-14H,9H2,1-4H3/t13-,14-/m0/s1. The van der Waals surface area contributed by atoms with Crippen LogP contribution in [0.25, 0.3) is 0 Å². The maximum absolute atomic E-state index is 3.44. The van der Waals surface area contributed by atoms with Gasteiger partial charge in [0, 0.05) is 5.31 Å². The van der Waals surface area contributed by atoms with Crippen molar-refractivity contribution in [3.05, 3.63) is 29.3 Å². The average molecular weight is 220 g/mol. The highest BCUT2D eigenvalue weighted by Gasteiger charge is 2.44. The molecule has 1 aliphatic carbocycles. The van der Waals surface area contributed by atoms with Crippen LogP contribution < -0.4 is 0 Å². The summed E-state index contributed by atoms with van der Waals surface area (Å²) in [6.07, 6.45) is 7.95. The SMILES string of the molecule is CC(C)[C@@H]1C[C@@H](C(C)C)P1C1=C=CC=C1. The number of rotatable bonds is 3. The fourth-order valence-electron chi connectivity index (χ4n) is 2.61. The molecule has 0 radical (unpaired) electrons. The summed E-state index contributed by atoms with van der Waals surface area (Å²) < 4.78 is 0. The third-order valence-corrected chi connectivity index (χ3v) is 7.47. The fraction of sp³-hybridized carbons (Fsp3) is 0.643. The van der Waals surface area contributed by atoms with Crippen molar-refractivity contribution in [3.63, 3.8) is 0 Å². The summed E-state index contributed by atoms with van der Waals surface area (Å²) in [5, 5.41) is 1.52. The Kier molecular flexibility index (Phi) is 3.19. The van der Waals surface area contributed by atoms with Gasteiger partial charge in [0.15, 0.2) is 0 Å². The molecule has 15 heavy (non-hydrogen) atoms. The predicted octanol–water partition coefficient (Wildman–Crippen LogP) is 4.53. The molecule has 0 nitrogen and oxygen atoms in total. The highest BCUT2D eigenvalue weighted by Crippen LogP contribution is 2.69. The van der Waals surface area contributed by atoms with Crippen LogP contribution >= 0.6 is 7.92 Å². The van der Waals surface area contributed by atoms with Crippen LogP contribution in [0, 0.1) is 11.8 Å². The molecule has 2 atom stereocenters. The van der Waals surface area contributed by atoms with Crippen LogP contribution in [0.15, 0.2) is 29.3 Å². The highest BCUT2D eigenvalue weighted by atomic mass is 31.1. The maximum Gasteiger partial charge on any atom is 0.0180 e. The summed E-state index contributed by atoms with van der Waals surface area (Å²) in [5.41, 5.74) is 5.34. The van der Waals surface area contributed by atoms with Crippen LogP contribution in [0.1, 0.15) is 34.1 Å². The lowest BCUT2D eigenvalue weighted by atomic mass is 9.98. The lowest BCUT2D eigenvalue weighted by Crippen LogP contribution is -2.37. The zero-order valence-electron chi connectivity index (χ0n) is 10.2. The van der Waals surface area contributed by atoms with Crippen molar-refractivity contribution in [2.75, 3.05) is 0 Å². The smallest absolute Gasteiger partial charge is 0.0180 e. The number of hydrogen-bond donors (Lipinski definition) is 0. The third-order valence-electron chi connectivity index (χ3n) is 3.60. The largest absolute Gasteiger partial charge is 0.112 e. The van der Waals surface area contributed by atoms with Crippen molar-refractivity contribution < 1.29 is 0 Å². The Morgan fingerprint density at radius 1 is 1.20 bits per heavy atom. The van der Waals surface area contributed by atoms with E-state index in [9.17, 15) is 0 Å². The average Bonchev–Trinajstić information content (AvgIpc) is 2.53. The second-order valence-corrected chi connectivity index (χ2v) is 7.94. The van der Waals surface area contributed by atoms with Gasteiger partial charge in [-0.3, -0.25) is 0 Å². The summed E-state index contributed by atoms with van der Waals surface area (Å²) in [6.45, 7) is 9.50. The Morgan fingerprint density at radius 3 is 2.20 bits per heavy atom. The lowest BCUT2D eigenvalue weighted by Gasteiger charge is -2.49. The van der Waals surface area contributed by atoms with Crippen LogP contribution in [-0.2, 0) is 0 Å². The van der Waals surface area contributed by atoms with E-state index in [0.29, 0.717) is 0 Å². The van der Waals surface area contributed by atoms with Crippen LogP contribution in [0.3, 0.4) is 0 Å². The van der Waals surface area contributed by atoms with Crippen molar-refractivity contribution in [3.8, 4) is 0 Å². The Bertz CT molecular complexity index is 315. The van der Waals surface area contributed by atoms with Crippen LogP contribution in [0.5, 0.6) is 0 Å². The van der Waals surface area contributed by atoms with Gasteiger partial charge in [-0.05, 0) is 41.7 Å². The van der Waals surface area contributed by atoms with Gasteiger partial charge in [0.2, 0.25) is 0 Å². The molecule has 1 heterocycles. The molecule has 2 rings (SSSR count). The van der Waals surface area contributed by atoms with E-state index in [2.05, 4.69) is 51.7 Å². The molecule has 1 aliphatic heterocycles. The third kappa shape index (κ3) is 1.99. The van der Waals surface area contributed by atoms with E-state index >= 15 is 0 Å². The maximum atomic E-state index is 3.44. The van der Waals surface area contributed by atoms with E-state index in [-0.39, 0.29) is 7.92 Å². The first-order chi connectivity index (χ1) is 7.11. The first-order valence-corrected chi connectivity index (χ1v) is 7.51. The zero-order valence-corrected chi connectivity index (χ0v) is 11.1. The molecule has 1 fully saturated rings. The predicted molar refractivity (Wildman–Crippen MR) is 69.5 cm³/mol. The van der Waals surface area contributed by atoms with E-state index in [4.69, 9.17) is 0 Å². The first-order valence-electron chi connectivity index (χ1n) is 6.03. The van der Waals surface area contributed by atoms with Crippen molar-refractivity contribution >= 4 is 7.92 Å². The Hall–Kier alpha value is -0.310. The number of hydrogen-bond acceptors (Lipinski definition) is 0. The van der Waals surface area contributed by atoms with Gasteiger partial charge in [0.1, 0.15) is 0 Å². The highest BCUT2D eigenvalue weighted by molar-refractivity contribution is 7.65. The molecule has 0 N–H and O–H groups in total.